The van der Waals surface area contributed by atoms with E-state index in [9.17, 15) is 13.2 Å². The molecular formula is C19H20N4O3S. The van der Waals surface area contributed by atoms with E-state index in [0.717, 1.165) is 0 Å². The third-order valence-electron chi connectivity index (χ3n) is 4.87. The maximum absolute atomic E-state index is 13.2. The smallest absolute Gasteiger partial charge is 0.253 e. The van der Waals surface area contributed by atoms with Gasteiger partial charge >= 0.3 is 0 Å². The molecule has 1 N–H and O–H groups in total. The highest BCUT2D eigenvalue weighted by molar-refractivity contribution is 7.89. The van der Waals surface area contributed by atoms with E-state index < -0.39 is 10.0 Å². The molecule has 2 aromatic heterocycles. The van der Waals surface area contributed by atoms with Gasteiger partial charge in [0.25, 0.3) is 5.91 Å². The van der Waals surface area contributed by atoms with Crippen molar-refractivity contribution in [2.75, 3.05) is 19.6 Å². The van der Waals surface area contributed by atoms with Gasteiger partial charge in [-0.1, -0.05) is 18.2 Å². The molecular weight excluding hydrogens is 364 g/mol. The van der Waals surface area contributed by atoms with Crippen LogP contribution in [0.2, 0.25) is 0 Å². The summed E-state index contributed by atoms with van der Waals surface area (Å²) in [5, 5.41) is 0.576. The number of nitrogens with zero attached hydrogens (tertiary/aromatic N) is 3. The van der Waals surface area contributed by atoms with Gasteiger partial charge < -0.3 is 9.88 Å². The predicted octanol–water partition coefficient (Wildman–Crippen LogP) is 2.10. The molecule has 3 heterocycles. The second-order valence-electron chi connectivity index (χ2n) is 6.63. The van der Waals surface area contributed by atoms with Gasteiger partial charge in [0.15, 0.2) is 0 Å². The molecule has 1 atom stereocenters. The zero-order valence-corrected chi connectivity index (χ0v) is 15.7. The lowest BCUT2D eigenvalue weighted by Gasteiger charge is -2.38. The molecule has 7 nitrogen and oxygen atoms in total. The van der Waals surface area contributed by atoms with Crippen molar-refractivity contribution in [2.45, 2.75) is 17.9 Å². The van der Waals surface area contributed by atoms with Crippen molar-refractivity contribution in [2.24, 2.45) is 0 Å². The van der Waals surface area contributed by atoms with E-state index >= 15 is 0 Å². The van der Waals surface area contributed by atoms with Crippen molar-refractivity contribution in [3.63, 3.8) is 0 Å². The minimum absolute atomic E-state index is 0.0733. The molecule has 0 aliphatic carbocycles. The summed E-state index contributed by atoms with van der Waals surface area (Å²) >= 11 is 0. The normalized spacial score (nSPS) is 18.7. The molecule has 27 heavy (non-hydrogen) atoms. The number of benzene rings is 1. The molecule has 0 radical (unpaired) electrons. The SMILES string of the molecule is C[C@@H]1CN(C(=O)c2ccccc2)CCN1S(=O)(=O)c1c[nH]c2ncccc12. The van der Waals surface area contributed by atoms with Crippen molar-refractivity contribution < 1.29 is 13.2 Å². The number of H-pyrrole nitrogens is 1. The van der Waals surface area contributed by atoms with Gasteiger partial charge in [-0.15, -0.1) is 0 Å². The first-order chi connectivity index (χ1) is 13.0. The van der Waals surface area contributed by atoms with Gasteiger partial charge in [-0.25, -0.2) is 13.4 Å². The number of amides is 1. The third kappa shape index (κ3) is 3.11. The Labute approximate surface area is 157 Å². The quantitative estimate of drug-likeness (QED) is 0.749. The summed E-state index contributed by atoms with van der Waals surface area (Å²) in [5.74, 6) is -0.0733. The fraction of sp³-hybridized carbons (Fsp3) is 0.263. The number of aromatic amines is 1. The van der Waals surface area contributed by atoms with E-state index in [2.05, 4.69) is 9.97 Å². The Morgan fingerprint density at radius 1 is 1.15 bits per heavy atom. The highest BCUT2D eigenvalue weighted by atomic mass is 32.2. The van der Waals surface area contributed by atoms with Gasteiger partial charge in [-0.2, -0.15) is 4.31 Å². The van der Waals surface area contributed by atoms with E-state index in [0.29, 0.717) is 29.7 Å². The van der Waals surface area contributed by atoms with Crippen LogP contribution in [0, 0.1) is 0 Å². The summed E-state index contributed by atoms with van der Waals surface area (Å²) in [6.45, 7) is 2.80. The third-order valence-corrected chi connectivity index (χ3v) is 6.93. The van der Waals surface area contributed by atoms with Crippen molar-refractivity contribution in [1.82, 2.24) is 19.2 Å². The van der Waals surface area contributed by atoms with Crippen molar-refractivity contribution in [1.29, 1.82) is 0 Å². The van der Waals surface area contributed by atoms with Gasteiger partial charge in [0.05, 0.1) is 0 Å². The fourth-order valence-corrected chi connectivity index (χ4v) is 5.28. The maximum Gasteiger partial charge on any atom is 0.253 e. The Balaban J connectivity index is 1.57. The lowest BCUT2D eigenvalue weighted by atomic mass is 10.1. The monoisotopic (exact) mass is 384 g/mol. The summed E-state index contributed by atoms with van der Waals surface area (Å²) in [5.41, 5.74) is 1.16. The molecule has 0 saturated carbocycles. The Bertz CT molecular complexity index is 1080. The molecule has 0 spiro atoms. The van der Waals surface area contributed by atoms with Gasteiger partial charge in [0.2, 0.25) is 10.0 Å². The van der Waals surface area contributed by atoms with Crippen LogP contribution in [0.25, 0.3) is 11.0 Å². The summed E-state index contributed by atoms with van der Waals surface area (Å²) < 4.78 is 27.9. The van der Waals surface area contributed by atoms with Crippen molar-refractivity contribution in [3.05, 3.63) is 60.4 Å². The van der Waals surface area contributed by atoms with Crippen LogP contribution < -0.4 is 0 Å². The van der Waals surface area contributed by atoms with E-state index in [4.69, 9.17) is 0 Å². The van der Waals surface area contributed by atoms with E-state index in [1.807, 2.05) is 25.1 Å². The average Bonchev–Trinajstić information content (AvgIpc) is 3.13. The second kappa shape index (κ2) is 6.79. The minimum atomic E-state index is -3.68. The number of hydrogen-bond donors (Lipinski definition) is 1. The average molecular weight is 384 g/mol. The molecule has 1 fully saturated rings. The largest absolute Gasteiger partial charge is 0.345 e. The summed E-state index contributed by atoms with van der Waals surface area (Å²) in [6.07, 6.45) is 3.10. The predicted molar refractivity (Wildman–Crippen MR) is 102 cm³/mol. The first-order valence-corrected chi connectivity index (χ1v) is 10.2. The molecule has 140 valence electrons. The van der Waals surface area contributed by atoms with E-state index in [-0.39, 0.29) is 23.4 Å². The number of fused-ring (bicyclic) bond motifs is 1. The Hall–Kier alpha value is -2.71. The number of aromatic nitrogens is 2. The van der Waals surface area contributed by atoms with Crippen LogP contribution in [-0.2, 0) is 10.0 Å². The molecule has 3 aromatic rings. The number of pyridine rings is 1. The molecule has 0 unspecified atom stereocenters. The van der Waals surface area contributed by atoms with Crippen molar-refractivity contribution in [3.8, 4) is 0 Å². The van der Waals surface area contributed by atoms with Crippen molar-refractivity contribution >= 4 is 27.0 Å². The van der Waals surface area contributed by atoms with Gasteiger partial charge in [0.1, 0.15) is 10.5 Å². The standard InChI is InChI=1S/C19H20N4O3S/c1-14-13-22(19(24)15-6-3-2-4-7-15)10-11-23(14)27(25,26)17-12-21-18-16(17)8-5-9-20-18/h2-9,12,14H,10-11,13H2,1H3,(H,20,21)/t14-/m1/s1. The van der Waals surface area contributed by atoms with Gasteiger partial charge in [-0.3, -0.25) is 4.79 Å². The number of hydrogen-bond acceptors (Lipinski definition) is 4. The molecule has 1 saturated heterocycles. The van der Waals surface area contributed by atoms with Crippen LogP contribution in [0.1, 0.15) is 17.3 Å². The minimum Gasteiger partial charge on any atom is -0.345 e. The molecule has 1 aliphatic heterocycles. The lowest BCUT2D eigenvalue weighted by molar-refractivity contribution is 0.0642. The Morgan fingerprint density at radius 3 is 2.67 bits per heavy atom. The highest BCUT2D eigenvalue weighted by Gasteiger charge is 2.36. The Morgan fingerprint density at radius 2 is 1.93 bits per heavy atom. The summed E-state index contributed by atoms with van der Waals surface area (Å²) in [7, 11) is -3.68. The van der Waals surface area contributed by atoms with Crippen LogP contribution in [-0.4, -0.2) is 59.2 Å². The topological polar surface area (TPSA) is 86.4 Å². The molecule has 8 heteroatoms. The van der Waals surface area contributed by atoms with E-state index in [1.165, 1.54) is 10.5 Å². The highest BCUT2D eigenvalue weighted by Crippen LogP contribution is 2.27. The van der Waals surface area contributed by atoms with Crippen LogP contribution >= 0.6 is 0 Å². The number of piperazine rings is 1. The Kier molecular flexibility index (Phi) is 4.45. The van der Waals surface area contributed by atoms with Crippen LogP contribution in [0.4, 0.5) is 0 Å². The molecule has 1 amide bonds. The first kappa shape index (κ1) is 17.7. The molecule has 0 bridgehead atoms. The second-order valence-corrected chi connectivity index (χ2v) is 8.49. The fourth-order valence-electron chi connectivity index (χ4n) is 3.52. The summed E-state index contributed by atoms with van der Waals surface area (Å²) in [4.78, 5) is 21.7. The molecule has 4 rings (SSSR count). The molecule has 1 aromatic carbocycles. The number of carbonyl (C=O) groups excluding carboxylic acids is 1. The van der Waals surface area contributed by atoms with Gasteiger partial charge in [-0.05, 0) is 31.2 Å². The zero-order chi connectivity index (χ0) is 19.0. The number of rotatable bonds is 3. The number of nitrogens with one attached hydrogen (secondary N) is 1. The zero-order valence-electron chi connectivity index (χ0n) is 14.9. The summed E-state index contributed by atoms with van der Waals surface area (Å²) in [6, 6.07) is 12.2. The van der Waals surface area contributed by atoms with E-state index in [1.54, 1.807) is 35.4 Å². The van der Waals surface area contributed by atoms with Crippen LogP contribution in [0.5, 0.6) is 0 Å². The molecule has 1 aliphatic rings. The lowest BCUT2D eigenvalue weighted by Crippen LogP contribution is -2.55. The number of carbonyl (C=O) groups is 1. The first-order valence-electron chi connectivity index (χ1n) is 8.77. The van der Waals surface area contributed by atoms with Crippen LogP contribution in [0.3, 0.4) is 0 Å². The van der Waals surface area contributed by atoms with Crippen LogP contribution in [0.15, 0.2) is 59.8 Å². The number of sulfonamides is 1. The maximum atomic E-state index is 13.2. The van der Waals surface area contributed by atoms with Gasteiger partial charge in [0, 0.05) is 49.0 Å².